The van der Waals surface area contributed by atoms with Crippen LogP contribution in [0.1, 0.15) is 18.9 Å². The van der Waals surface area contributed by atoms with Crippen LogP contribution < -0.4 is 9.64 Å². The van der Waals surface area contributed by atoms with Gasteiger partial charge in [-0.05, 0) is 42.2 Å². The SMILES string of the molecule is CC[S+]([O-])c1cc(-c2ccc(N3CC4CC(C3)N4Cc3ccc(OC)nc3)nc2)c2c3cn[nH]c3nn2c1. The summed E-state index contributed by atoms with van der Waals surface area (Å²) in [5.74, 6) is 2.18. The van der Waals surface area contributed by atoms with Crippen molar-refractivity contribution in [1.29, 1.82) is 0 Å². The zero-order valence-electron chi connectivity index (χ0n) is 21.2. The highest BCUT2D eigenvalue weighted by molar-refractivity contribution is 7.91. The molecule has 0 aliphatic carbocycles. The van der Waals surface area contributed by atoms with Crippen molar-refractivity contribution in [2.75, 3.05) is 30.9 Å². The fourth-order valence-electron chi connectivity index (χ4n) is 5.75. The molecule has 3 unspecified atom stereocenters. The monoisotopic (exact) mass is 528 g/mol. The molecule has 0 radical (unpaired) electrons. The van der Waals surface area contributed by atoms with Crippen LogP contribution in [0.4, 0.5) is 5.82 Å². The summed E-state index contributed by atoms with van der Waals surface area (Å²) in [5, 5.41) is 12.6. The van der Waals surface area contributed by atoms with Crippen molar-refractivity contribution in [3.05, 3.63) is 60.7 Å². The van der Waals surface area contributed by atoms with Crippen LogP contribution >= 0.6 is 0 Å². The molecule has 11 heteroatoms. The highest BCUT2D eigenvalue weighted by atomic mass is 32.2. The third-order valence-corrected chi connectivity index (χ3v) is 9.00. The average Bonchev–Trinajstić information content (AvgIpc) is 3.57. The molecular weight excluding hydrogens is 500 g/mol. The van der Waals surface area contributed by atoms with Gasteiger partial charge in [0.15, 0.2) is 10.5 Å². The largest absolute Gasteiger partial charge is 0.611 e. The van der Waals surface area contributed by atoms with Crippen LogP contribution in [-0.4, -0.2) is 77.3 Å². The van der Waals surface area contributed by atoms with E-state index in [1.54, 1.807) is 17.8 Å². The van der Waals surface area contributed by atoms with Crippen molar-refractivity contribution >= 4 is 33.5 Å². The molecule has 0 saturated carbocycles. The Hall–Kier alpha value is -3.67. The first-order valence-electron chi connectivity index (χ1n) is 12.8. The Morgan fingerprint density at radius 3 is 2.68 bits per heavy atom. The van der Waals surface area contributed by atoms with Gasteiger partial charge in [-0.2, -0.15) is 5.10 Å². The van der Waals surface area contributed by atoms with E-state index < -0.39 is 11.2 Å². The van der Waals surface area contributed by atoms with Gasteiger partial charge in [-0.25, -0.2) is 14.5 Å². The second-order valence-electron chi connectivity index (χ2n) is 9.88. The molecule has 194 valence electrons. The van der Waals surface area contributed by atoms with Crippen LogP contribution in [0.25, 0.3) is 27.7 Å². The number of anilines is 1. The molecule has 5 aromatic heterocycles. The predicted octanol–water partition coefficient (Wildman–Crippen LogP) is 3.27. The number of hydrogen-bond donors (Lipinski definition) is 1. The number of nitrogens with zero attached hydrogens (tertiary/aromatic N) is 7. The highest BCUT2D eigenvalue weighted by Gasteiger charge is 2.44. The van der Waals surface area contributed by atoms with Gasteiger partial charge < -0.3 is 14.2 Å². The lowest BCUT2D eigenvalue weighted by Crippen LogP contribution is -2.68. The summed E-state index contributed by atoms with van der Waals surface area (Å²) < 4.78 is 19.7. The number of fused-ring (bicyclic) bond motifs is 5. The lowest BCUT2D eigenvalue weighted by Gasteiger charge is -2.56. The topological polar surface area (TPSA) is 111 Å². The number of aromatic nitrogens is 6. The molecule has 0 aromatic carbocycles. The Bertz CT molecular complexity index is 1590. The molecule has 8 rings (SSSR count). The molecule has 3 atom stereocenters. The minimum atomic E-state index is -1.10. The van der Waals surface area contributed by atoms with Gasteiger partial charge in [0, 0.05) is 67.4 Å². The van der Waals surface area contributed by atoms with E-state index in [0.717, 1.165) is 52.4 Å². The molecule has 3 saturated heterocycles. The Morgan fingerprint density at radius 2 is 1.97 bits per heavy atom. The van der Waals surface area contributed by atoms with Crippen molar-refractivity contribution in [3.63, 3.8) is 0 Å². The maximum atomic E-state index is 12.7. The zero-order chi connectivity index (χ0) is 25.8. The number of H-pyrrole nitrogens is 1. The quantitative estimate of drug-likeness (QED) is 0.321. The molecule has 10 nitrogen and oxygen atoms in total. The van der Waals surface area contributed by atoms with Crippen LogP contribution in [-0.2, 0) is 17.7 Å². The van der Waals surface area contributed by atoms with E-state index in [4.69, 9.17) is 9.72 Å². The molecule has 0 amide bonds. The first-order chi connectivity index (χ1) is 18.6. The van der Waals surface area contributed by atoms with E-state index in [9.17, 15) is 4.55 Å². The van der Waals surface area contributed by atoms with Gasteiger partial charge in [-0.15, -0.1) is 5.10 Å². The number of nitrogens with one attached hydrogen (secondary N) is 1. The molecule has 3 aliphatic rings. The smallest absolute Gasteiger partial charge is 0.212 e. The number of methoxy groups -OCH3 is 1. The summed E-state index contributed by atoms with van der Waals surface area (Å²) in [6.07, 6.45) is 8.68. The van der Waals surface area contributed by atoms with Crippen molar-refractivity contribution < 1.29 is 9.29 Å². The Balaban J connectivity index is 1.12. The third-order valence-electron chi connectivity index (χ3n) is 7.73. The maximum absolute atomic E-state index is 12.7. The zero-order valence-corrected chi connectivity index (χ0v) is 22.1. The number of piperidine rings is 1. The van der Waals surface area contributed by atoms with Crippen LogP contribution in [0.5, 0.6) is 5.88 Å². The van der Waals surface area contributed by atoms with Crippen molar-refractivity contribution in [1.82, 2.24) is 34.7 Å². The van der Waals surface area contributed by atoms with Crippen molar-refractivity contribution in [3.8, 4) is 17.0 Å². The van der Waals surface area contributed by atoms with Crippen LogP contribution in [0.2, 0.25) is 0 Å². The number of pyridine rings is 3. The third kappa shape index (κ3) is 3.89. The first kappa shape index (κ1) is 23.4. The Kier molecular flexibility index (Phi) is 5.71. The number of rotatable bonds is 7. The molecule has 38 heavy (non-hydrogen) atoms. The second-order valence-corrected chi connectivity index (χ2v) is 11.6. The molecule has 3 aliphatic heterocycles. The number of ether oxygens (including phenoxy) is 1. The molecule has 3 fully saturated rings. The van der Waals surface area contributed by atoms with Gasteiger partial charge in [0.05, 0.1) is 30.4 Å². The molecule has 5 aromatic rings. The van der Waals surface area contributed by atoms with E-state index in [-0.39, 0.29) is 0 Å². The average molecular weight is 529 g/mol. The highest BCUT2D eigenvalue weighted by Crippen LogP contribution is 2.37. The van der Waals surface area contributed by atoms with Crippen LogP contribution in [0, 0.1) is 0 Å². The number of hydrogen-bond acceptors (Lipinski definition) is 8. The fraction of sp³-hybridized carbons (Fsp3) is 0.333. The molecule has 2 bridgehead atoms. The van der Waals surface area contributed by atoms with E-state index >= 15 is 0 Å². The molecule has 0 spiro atoms. The number of piperazine rings is 1. The van der Waals surface area contributed by atoms with E-state index in [0.29, 0.717) is 29.4 Å². The maximum Gasteiger partial charge on any atom is 0.212 e. The minimum absolute atomic E-state index is 0.513. The number of aromatic amines is 1. The first-order valence-corrected chi connectivity index (χ1v) is 14.1. The fourth-order valence-corrected chi connectivity index (χ4v) is 6.55. The standard InChI is InChI=1S/C27H28N8O2S/c1-3-38(36)21-9-22(26-23-12-30-31-27(23)32-35(26)16-21)18-5-6-24(28-11-18)33-14-19-8-20(15-33)34(19)13-17-4-7-25(37-2)29-10-17/h4-7,9-12,16,19-20H,3,8,13-15H2,1-2H3,(H,31,32). The Labute approximate surface area is 222 Å². The summed E-state index contributed by atoms with van der Waals surface area (Å²) in [6.45, 7) is 4.75. The van der Waals surface area contributed by atoms with Gasteiger partial charge in [0.2, 0.25) is 5.88 Å². The van der Waals surface area contributed by atoms with Crippen LogP contribution in [0.15, 0.2) is 60.0 Å². The minimum Gasteiger partial charge on any atom is -0.611 e. The summed E-state index contributed by atoms with van der Waals surface area (Å²) >= 11 is -1.10. The van der Waals surface area contributed by atoms with E-state index in [1.165, 1.54) is 12.0 Å². The van der Waals surface area contributed by atoms with Crippen molar-refractivity contribution in [2.24, 2.45) is 0 Å². The van der Waals surface area contributed by atoms with Crippen molar-refractivity contribution in [2.45, 2.75) is 36.9 Å². The normalized spacial score (nSPS) is 20.1. The Morgan fingerprint density at radius 1 is 1.11 bits per heavy atom. The lowest BCUT2D eigenvalue weighted by atomic mass is 9.87. The summed E-state index contributed by atoms with van der Waals surface area (Å²) in [5.41, 5.74) is 4.77. The molecular formula is C27H28N8O2S. The van der Waals surface area contributed by atoms with E-state index in [1.807, 2.05) is 37.6 Å². The van der Waals surface area contributed by atoms with Crippen LogP contribution in [0.3, 0.4) is 0 Å². The van der Waals surface area contributed by atoms with Gasteiger partial charge >= 0.3 is 0 Å². The van der Waals surface area contributed by atoms with Gasteiger partial charge in [-0.3, -0.25) is 10.00 Å². The molecule has 8 heterocycles. The lowest BCUT2D eigenvalue weighted by molar-refractivity contribution is -0.00876. The summed E-state index contributed by atoms with van der Waals surface area (Å²) in [4.78, 5) is 14.9. The van der Waals surface area contributed by atoms with E-state index in [2.05, 4.69) is 48.3 Å². The predicted molar refractivity (Wildman–Crippen MR) is 146 cm³/mol. The summed E-state index contributed by atoms with van der Waals surface area (Å²) in [7, 11) is 1.64. The second kappa shape index (κ2) is 9.26. The van der Waals surface area contributed by atoms with Gasteiger partial charge in [0.25, 0.3) is 0 Å². The summed E-state index contributed by atoms with van der Waals surface area (Å²) in [6, 6.07) is 11.3. The van der Waals surface area contributed by atoms with Gasteiger partial charge in [-0.1, -0.05) is 6.07 Å². The van der Waals surface area contributed by atoms with Gasteiger partial charge in [0.1, 0.15) is 11.6 Å². The molecule has 1 N–H and O–H groups in total.